The predicted molar refractivity (Wildman–Crippen MR) is 106 cm³/mol. The number of nitrogens with one attached hydrogen (secondary N) is 1. The molecule has 1 N–H and O–H groups in total. The van der Waals surface area contributed by atoms with Crippen molar-refractivity contribution in [3.63, 3.8) is 0 Å². The summed E-state index contributed by atoms with van der Waals surface area (Å²) in [7, 11) is 0. The summed E-state index contributed by atoms with van der Waals surface area (Å²) in [4.78, 5) is 17.1. The smallest absolute Gasteiger partial charge is 0.237 e. The van der Waals surface area contributed by atoms with Crippen LogP contribution < -0.4 is 5.32 Å². The molecule has 0 spiro atoms. The first-order chi connectivity index (χ1) is 13.5. The summed E-state index contributed by atoms with van der Waals surface area (Å²) < 4.78 is 26.0. The van der Waals surface area contributed by atoms with Crippen LogP contribution in [0.1, 0.15) is 24.5 Å². The van der Waals surface area contributed by atoms with Crippen LogP contribution in [0.4, 0.5) is 8.78 Å². The third-order valence-electron chi connectivity index (χ3n) is 5.25. The first-order valence-corrected chi connectivity index (χ1v) is 9.74. The van der Waals surface area contributed by atoms with E-state index >= 15 is 0 Å². The van der Waals surface area contributed by atoms with E-state index in [4.69, 9.17) is 0 Å². The fraction of sp³-hybridized carbons (Fsp3) is 0.409. The van der Waals surface area contributed by atoms with E-state index < -0.39 is 0 Å². The van der Waals surface area contributed by atoms with Crippen LogP contribution in [-0.4, -0.2) is 47.9 Å². The van der Waals surface area contributed by atoms with Gasteiger partial charge in [-0.1, -0.05) is 24.3 Å². The molecule has 0 aliphatic carbocycles. The monoisotopic (exact) mass is 387 g/mol. The van der Waals surface area contributed by atoms with Crippen LogP contribution in [0, 0.1) is 11.6 Å². The second kappa shape index (κ2) is 9.75. The number of carbonyl (C=O) groups excluding carboxylic acids is 1. The zero-order chi connectivity index (χ0) is 19.9. The molecular formula is C22H27F2N3O. The number of carbonyl (C=O) groups is 1. The van der Waals surface area contributed by atoms with E-state index in [9.17, 15) is 13.6 Å². The van der Waals surface area contributed by atoms with Crippen molar-refractivity contribution in [3.05, 3.63) is 71.3 Å². The Bertz CT molecular complexity index is 764. The minimum absolute atomic E-state index is 0.0173. The Morgan fingerprint density at radius 2 is 1.54 bits per heavy atom. The minimum atomic E-state index is -0.279. The van der Waals surface area contributed by atoms with Gasteiger partial charge in [-0.25, -0.2) is 8.78 Å². The molecule has 28 heavy (non-hydrogen) atoms. The van der Waals surface area contributed by atoms with Crippen LogP contribution in [0.15, 0.2) is 48.5 Å². The van der Waals surface area contributed by atoms with Gasteiger partial charge in [0.15, 0.2) is 0 Å². The van der Waals surface area contributed by atoms with Crippen LogP contribution >= 0.6 is 0 Å². The second-order valence-corrected chi connectivity index (χ2v) is 7.31. The van der Waals surface area contributed by atoms with Crippen molar-refractivity contribution in [2.75, 3.05) is 26.2 Å². The topological polar surface area (TPSA) is 35.6 Å². The summed E-state index contributed by atoms with van der Waals surface area (Å²) in [5, 5.41) is 2.94. The molecule has 0 saturated carbocycles. The van der Waals surface area contributed by atoms with Gasteiger partial charge in [0.25, 0.3) is 0 Å². The van der Waals surface area contributed by atoms with Crippen molar-refractivity contribution in [2.45, 2.75) is 32.5 Å². The fourth-order valence-electron chi connectivity index (χ4n) is 3.49. The van der Waals surface area contributed by atoms with Crippen molar-refractivity contribution >= 4 is 5.91 Å². The number of rotatable bonds is 6. The van der Waals surface area contributed by atoms with Crippen molar-refractivity contribution in [2.24, 2.45) is 0 Å². The standard InChI is InChI=1S/C22H27F2N3O/c1-17(22(28)25-15-18-3-7-20(23)8-4-18)27-12-2-11-26(13-14-27)16-19-5-9-21(24)10-6-19/h3-10,17H,2,11-16H2,1H3,(H,25,28). The molecule has 1 heterocycles. The van der Waals surface area contributed by atoms with Gasteiger partial charge in [-0.2, -0.15) is 0 Å². The Morgan fingerprint density at radius 3 is 2.18 bits per heavy atom. The lowest BCUT2D eigenvalue weighted by molar-refractivity contribution is -0.126. The van der Waals surface area contributed by atoms with Crippen LogP contribution in [0.25, 0.3) is 0 Å². The van der Waals surface area contributed by atoms with E-state index in [0.29, 0.717) is 6.54 Å². The summed E-state index contributed by atoms with van der Waals surface area (Å²) in [6.07, 6.45) is 0.983. The SMILES string of the molecule is CC(C(=O)NCc1ccc(F)cc1)N1CCCN(Cc2ccc(F)cc2)CC1. The van der Waals surface area contributed by atoms with Crippen molar-refractivity contribution < 1.29 is 13.6 Å². The maximum absolute atomic E-state index is 13.1. The highest BCUT2D eigenvalue weighted by Crippen LogP contribution is 2.12. The number of hydrogen-bond acceptors (Lipinski definition) is 3. The Balaban J connectivity index is 1.47. The van der Waals surface area contributed by atoms with E-state index in [-0.39, 0.29) is 23.6 Å². The third-order valence-corrected chi connectivity index (χ3v) is 5.25. The van der Waals surface area contributed by atoms with Gasteiger partial charge >= 0.3 is 0 Å². The molecule has 1 aliphatic rings. The normalized spacial score (nSPS) is 17.1. The predicted octanol–water partition coefficient (Wildman–Crippen LogP) is 3.18. The molecule has 1 aliphatic heterocycles. The quantitative estimate of drug-likeness (QED) is 0.827. The number of halogens is 2. The Hall–Kier alpha value is -2.31. The lowest BCUT2D eigenvalue weighted by Crippen LogP contribution is -2.46. The number of amides is 1. The molecule has 3 rings (SSSR count). The third kappa shape index (κ3) is 5.84. The molecule has 0 radical (unpaired) electrons. The molecule has 0 bridgehead atoms. The van der Waals surface area contributed by atoms with Crippen LogP contribution in [-0.2, 0) is 17.9 Å². The molecule has 1 unspecified atom stereocenters. The van der Waals surface area contributed by atoms with Crippen LogP contribution in [0.3, 0.4) is 0 Å². The summed E-state index contributed by atoms with van der Waals surface area (Å²) in [6, 6.07) is 12.6. The largest absolute Gasteiger partial charge is 0.351 e. The molecule has 1 fully saturated rings. The van der Waals surface area contributed by atoms with Gasteiger partial charge in [0.2, 0.25) is 5.91 Å². The molecule has 1 amide bonds. The summed E-state index contributed by atoms with van der Waals surface area (Å²) in [5.74, 6) is -0.513. The number of benzene rings is 2. The highest BCUT2D eigenvalue weighted by molar-refractivity contribution is 5.81. The zero-order valence-corrected chi connectivity index (χ0v) is 16.2. The van der Waals surface area contributed by atoms with Crippen LogP contribution in [0.5, 0.6) is 0 Å². The number of hydrogen-bond donors (Lipinski definition) is 1. The minimum Gasteiger partial charge on any atom is -0.351 e. The van der Waals surface area contributed by atoms with Gasteiger partial charge in [-0.3, -0.25) is 14.6 Å². The van der Waals surface area contributed by atoms with E-state index in [2.05, 4.69) is 15.1 Å². The molecule has 0 aromatic heterocycles. The maximum atomic E-state index is 13.1. The first-order valence-electron chi connectivity index (χ1n) is 9.74. The fourth-order valence-corrected chi connectivity index (χ4v) is 3.49. The van der Waals surface area contributed by atoms with E-state index in [1.807, 2.05) is 19.1 Å². The summed E-state index contributed by atoms with van der Waals surface area (Å²) in [6.45, 7) is 6.62. The van der Waals surface area contributed by atoms with E-state index in [0.717, 1.165) is 50.3 Å². The van der Waals surface area contributed by atoms with E-state index in [1.54, 1.807) is 12.1 Å². The van der Waals surface area contributed by atoms with E-state index in [1.165, 1.54) is 24.3 Å². The molecule has 1 atom stereocenters. The number of nitrogens with zero attached hydrogens (tertiary/aromatic N) is 2. The van der Waals surface area contributed by atoms with Gasteiger partial charge < -0.3 is 5.32 Å². The highest BCUT2D eigenvalue weighted by Gasteiger charge is 2.23. The van der Waals surface area contributed by atoms with Crippen LogP contribution in [0.2, 0.25) is 0 Å². The molecule has 6 heteroatoms. The average molecular weight is 387 g/mol. The molecular weight excluding hydrogens is 360 g/mol. The summed E-state index contributed by atoms with van der Waals surface area (Å²) in [5.41, 5.74) is 1.98. The maximum Gasteiger partial charge on any atom is 0.237 e. The van der Waals surface area contributed by atoms with Crippen molar-refractivity contribution in [1.29, 1.82) is 0 Å². The first kappa shape index (κ1) is 20.4. The highest BCUT2D eigenvalue weighted by atomic mass is 19.1. The van der Waals surface area contributed by atoms with Crippen molar-refractivity contribution in [1.82, 2.24) is 15.1 Å². The molecule has 2 aromatic rings. The van der Waals surface area contributed by atoms with Gasteiger partial charge in [0.05, 0.1) is 6.04 Å². The average Bonchev–Trinajstić information content (AvgIpc) is 2.94. The molecule has 4 nitrogen and oxygen atoms in total. The second-order valence-electron chi connectivity index (χ2n) is 7.31. The lowest BCUT2D eigenvalue weighted by Gasteiger charge is -2.27. The molecule has 150 valence electrons. The molecule has 1 saturated heterocycles. The van der Waals surface area contributed by atoms with Gasteiger partial charge in [0.1, 0.15) is 11.6 Å². The van der Waals surface area contributed by atoms with Gasteiger partial charge in [0, 0.05) is 32.7 Å². The van der Waals surface area contributed by atoms with Gasteiger partial charge in [-0.15, -0.1) is 0 Å². The van der Waals surface area contributed by atoms with Gasteiger partial charge in [-0.05, 0) is 55.3 Å². The summed E-state index contributed by atoms with van der Waals surface area (Å²) >= 11 is 0. The lowest BCUT2D eigenvalue weighted by atomic mass is 10.2. The van der Waals surface area contributed by atoms with Crippen molar-refractivity contribution in [3.8, 4) is 0 Å². The Morgan fingerprint density at radius 1 is 0.929 bits per heavy atom. The zero-order valence-electron chi connectivity index (χ0n) is 16.2. The Kier molecular flexibility index (Phi) is 7.12. The molecule has 2 aromatic carbocycles. The Labute approximate surface area is 165 Å².